The number of fused-ring (bicyclic) bond motifs is 1. The fourth-order valence-electron chi connectivity index (χ4n) is 3.18. The third-order valence-corrected chi connectivity index (χ3v) is 4.18. The molecule has 0 saturated carbocycles. The molecule has 0 amide bonds. The van der Waals surface area contributed by atoms with Crippen molar-refractivity contribution in [3.63, 3.8) is 0 Å². The van der Waals surface area contributed by atoms with Crippen molar-refractivity contribution in [3.8, 4) is 0 Å². The number of aromatic nitrogens is 1. The van der Waals surface area contributed by atoms with E-state index in [1.165, 1.54) is 29.4 Å². The van der Waals surface area contributed by atoms with Crippen molar-refractivity contribution in [3.05, 3.63) is 36.0 Å². The third-order valence-electron chi connectivity index (χ3n) is 4.18. The molecule has 2 heterocycles. The molecule has 3 rings (SSSR count). The largest absolute Gasteiger partial charge is 0.361 e. The van der Waals surface area contributed by atoms with Crippen LogP contribution < -0.4 is 5.73 Å². The van der Waals surface area contributed by atoms with Gasteiger partial charge in [-0.1, -0.05) is 18.2 Å². The first-order chi connectivity index (χ1) is 9.14. The normalized spacial score (nSPS) is 24.9. The molecule has 0 spiro atoms. The van der Waals surface area contributed by atoms with Crippen LogP contribution in [0.25, 0.3) is 10.9 Å². The predicted octanol–water partition coefficient (Wildman–Crippen LogP) is 2.52. The molecule has 1 unspecified atom stereocenters. The number of nitrogens with zero attached hydrogens (tertiary/aromatic N) is 1. The lowest BCUT2D eigenvalue weighted by Crippen LogP contribution is -2.52. The molecule has 19 heavy (non-hydrogen) atoms. The minimum Gasteiger partial charge on any atom is -0.361 e. The Hall–Kier alpha value is -1.32. The zero-order valence-electron chi connectivity index (χ0n) is 11.7. The molecule has 1 saturated heterocycles. The van der Waals surface area contributed by atoms with Gasteiger partial charge < -0.3 is 15.6 Å². The maximum absolute atomic E-state index is 6.26. The summed E-state index contributed by atoms with van der Waals surface area (Å²) in [6, 6.07) is 8.52. The highest BCUT2D eigenvalue weighted by atomic mass is 15.2. The van der Waals surface area contributed by atoms with E-state index in [4.69, 9.17) is 5.73 Å². The fourth-order valence-corrected chi connectivity index (χ4v) is 3.18. The number of nitrogens with two attached hydrogens (primary N) is 1. The standard InChI is InChI=1S/C16H23N3/c1-16(17)8-4-9-19(12-16)10-7-13-11-18-15-6-3-2-5-14(13)15/h2-3,5-6,11,18H,4,7-10,12,17H2,1H3. The molecule has 0 aliphatic carbocycles. The highest BCUT2D eigenvalue weighted by Gasteiger charge is 2.26. The van der Waals surface area contributed by atoms with Gasteiger partial charge in [-0.05, 0) is 44.4 Å². The number of H-pyrrole nitrogens is 1. The molecule has 0 bridgehead atoms. The number of hydrogen-bond acceptors (Lipinski definition) is 2. The molecule has 1 fully saturated rings. The van der Waals surface area contributed by atoms with Crippen molar-refractivity contribution in [2.45, 2.75) is 31.7 Å². The lowest BCUT2D eigenvalue weighted by atomic mass is 9.92. The SMILES string of the molecule is CC1(N)CCCN(CCc2c[nH]c3ccccc23)C1. The van der Waals surface area contributed by atoms with Gasteiger partial charge in [0.2, 0.25) is 0 Å². The Balaban J connectivity index is 1.66. The van der Waals surface area contributed by atoms with Gasteiger partial charge in [0, 0.05) is 35.7 Å². The summed E-state index contributed by atoms with van der Waals surface area (Å²) in [4.78, 5) is 5.85. The number of rotatable bonds is 3. The smallest absolute Gasteiger partial charge is 0.0456 e. The summed E-state index contributed by atoms with van der Waals surface area (Å²) in [5, 5.41) is 1.36. The Bertz CT molecular complexity index is 556. The number of benzene rings is 1. The highest BCUT2D eigenvalue weighted by molar-refractivity contribution is 5.83. The van der Waals surface area contributed by atoms with Crippen molar-refractivity contribution < 1.29 is 0 Å². The molecule has 1 aromatic carbocycles. The van der Waals surface area contributed by atoms with E-state index in [9.17, 15) is 0 Å². The van der Waals surface area contributed by atoms with Gasteiger partial charge in [-0.3, -0.25) is 0 Å². The van der Waals surface area contributed by atoms with Crippen molar-refractivity contribution in [2.75, 3.05) is 19.6 Å². The molecule has 2 aromatic rings. The van der Waals surface area contributed by atoms with Gasteiger partial charge in [-0.2, -0.15) is 0 Å². The van der Waals surface area contributed by atoms with Crippen LogP contribution in [0.15, 0.2) is 30.5 Å². The molecule has 3 N–H and O–H groups in total. The van der Waals surface area contributed by atoms with Crippen LogP contribution in [0.1, 0.15) is 25.3 Å². The number of likely N-dealkylation sites (tertiary alicyclic amines) is 1. The fraction of sp³-hybridized carbons (Fsp3) is 0.500. The summed E-state index contributed by atoms with van der Waals surface area (Å²) >= 11 is 0. The average molecular weight is 257 g/mol. The third kappa shape index (κ3) is 2.82. The molecule has 3 heteroatoms. The van der Waals surface area contributed by atoms with Gasteiger partial charge >= 0.3 is 0 Å². The van der Waals surface area contributed by atoms with Crippen LogP contribution in [-0.2, 0) is 6.42 Å². The molecule has 3 nitrogen and oxygen atoms in total. The molecule has 0 radical (unpaired) electrons. The number of nitrogens with one attached hydrogen (secondary N) is 1. The van der Waals surface area contributed by atoms with Crippen LogP contribution >= 0.6 is 0 Å². The van der Waals surface area contributed by atoms with Crippen molar-refractivity contribution in [2.24, 2.45) is 5.73 Å². The molecule has 1 aliphatic rings. The van der Waals surface area contributed by atoms with Gasteiger partial charge in [0.15, 0.2) is 0 Å². The second kappa shape index (κ2) is 4.99. The second-order valence-electron chi connectivity index (χ2n) is 6.14. The van der Waals surface area contributed by atoms with Crippen molar-refractivity contribution in [1.29, 1.82) is 0 Å². The Morgan fingerprint density at radius 3 is 3.05 bits per heavy atom. The quantitative estimate of drug-likeness (QED) is 0.887. The molecule has 1 atom stereocenters. The van der Waals surface area contributed by atoms with E-state index in [0.717, 1.165) is 25.9 Å². The van der Waals surface area contributed by atoms with Crippen LogP contribution in [0.3, 0.4) is 0 Å². The van der Waals surface area contributed by atoms with E-state index in [0.29, 0.717) is 0 Å². The lowest BCUT2D eigenvalue weighted by molar-refractivity contribution is 0.162. The van der Waals surface area contributed by atoms with Gasteiger partial charge in [0.25, 0.3) is 0 Å². The van der Waals surface area contributed by atoms with Crippen LogP contribution in [0.4, 0.5) is 0 Å². The zero-order valence-corrected chi connectivity index (χ0v) is 11.7. The summed E-state index contributed by atoms with van der Waals surface area (Å²) in [6.45, 7) is 5.49. The Kier molecular flexibility index (Phi) is 3.33. The van der Waals surface area contributed by atoms with Crippen LogP contribution in [0, 0.1) is 0 Å². The molecule has 1 aliphatic heterocycles. The van der Waals surface area contributed by atoms with Gasteiger partial charge in [-0.15, -0.1) is 0 Å². The predicted molar refractivity (Wildman–Crippen MR) is 80.3 cm³/mol. The zero-order chi connectivity index (χ0) is 13.3. The summed E-state index contributed by atoms with van der Waals surface area (Å²) in [5.41, 5.74) is 8.91. The number of hydrogen-bond donors (Lipinski definition) is 2. The summed E-state index contributed by atoms with van der Waals surface area (Å²) < 4.78 is 0. The summed E-state index contributed by atoms with van der Waals surface area (Å²) in [5.74, 6) is 0. The molecule has 102 valence electrons. The monoisotopic (exact) mass is 257 g/mol. The van der Waals surface area contributed by atoms with Gasteiger partial charge in [0.05, 0.1) is 0 Å². The Labute approximate surface area is 114 Å². The van der Waals surface area contributed by atoms with E-state index in [-0.39, 0.29) is 5.54 Å². The molecular formula is C16H23N3. The summed E-state index contributed by atoms with van der Waals surface area (Å²) in [6.07, 6.45) is 5.62. The van der Waals surface area contributed by atoms with Gasteiger partial charge in [0.1, 0.15) is 0 Å². The van der Waals surface area contributed by atoms with E-state index in [1.807, 2.05) is 0 Å². The first kappa shape index (κ1) is 12.7. The first-order valence-corrected chi connectivity index (χ1v) is 7.20. The topological polar surface area (TPSA) is 45.0 Å². The van der Waals surface area contributed by atoms with Crippen LogP contribution in [0.5, 0.6) is 0 Å². The van der Waals surface area contributed by atoms with E-state index in [2.05, 4.69) is 47.3 Å². The summed E-state index contributed by atoms with van der Waals surface area (Å²) in [7, 11) is 0. The number of para-hydroxylation sites is 1. The maximum Gasteiger partial charge on any atom is 0.0456 e. The lowest BCUT2D eigenvalue weighted by Gasteiger charge is -2.37. The minimum absolute atomic E-state index is 0.00152. The van der Waals surface area contributed by atoms with Crippen molar-refractivity contribution in [1.82, 2.24) is 9.88 Å². The van der Waals surface area contributed by atoms with Crippen molar-refractivity contribution >= 4 is 10.9 Å². The Morgan fingerprint density at radius 2 is 2.21 bits per heavy atom. The average Bonchev–Trinajstić information content (AvgIpc) is 2.78. The van der Waals surface area contributed by atoms with Crippen LogP contribution in [0.2, 0.25) is 0 Å². The maximum atomic E-state index is 6.26. The second-order valence-corrected chi connectivity index (χ2v) is 6.14. The number of piperidine rings is 1. The highest BCUT2D eigenvalue weighted by Crippen LogP contribution is 2.21. The van der Waals surface area contributed by atoms with E-state index < -0.39 is 0 Å². The van der Waals surface area contributed by atoms with Gasteiger partial charge in [-0.25, -0.2) is 0 Å². The first-order valence-electron chi connectivity index (χ1n) is 7.20. The van der Waals surface area contributed by atoms with Crippen LogP contribution in [-0.4, -0.2) is 35.1 Å². The number of aromatic amines is 1. The Morgan fingerprint density at radius 1 is 1.37 bits per heavy atom. The van der Waals surface area contributed by atoms with E-state index >= 15 is 0 Å². The molecule has 1 aromatic heterocycles. The molecular weight excluding hydrogens is 234 g/mol. The van der Waals surface area contributed by atoms with E-state index in [1.54, 1.807) is 0 Å². The minimum atomic E-state index is -0.00152.